The summed E-state index contributed by atoms with van der Waals surface area (Å²) in [5, 5.41) is 10.7. The minimum atomic E-state index is -1.00. The molecule has 0 bridgehead atoms. The zero-order valence-corrected chi connectivity index (χ0v) is 10.1. The summed E-state index contributed by atoms with van der Waals surface area (Å²) in [7, 11) is -1.00. The molecule has 1 aromatic carbocycles. The summed E-state index contributed by atoms with van der Waals surface area (Å²) in [6.07, 6.45) is 0. The molecule has 16 heavy (non-hydrogen) atoms. The fourth-order valence-corrected chi connectivity index (χ4v) is 3.42. The van der Waals surface area contributed by atoms with E-state index in [2.05, 4.69) is 6.07 Å². The van der Waals surface area contributed by atoms with Crippen molar-refractivity contribution in [2.45, 2.75) is 9.96 Å². The van der Waals surface area contributed by atoms with E-state index in [0.29, 0.717) is 11.3 Å². The molecule has 2 nitrogen and oxygen atoms in total. The monoisotopic (exact) mass is 247 g/mol. The van der Waals surface area contributed by atoms with E-state index in [0.717, 1.165) is 9.77 Å². The Morgan fingerprint density at radius 2 is 2.19 bits per heavy atom. The molecule has 2 rings (SSSR count). The molecular formula is C12H9NOS2. The van der Waals surface area contributed by atoms with Crippen molar-refractivity contribution in [2.24, 2.45) is 0 Å². The molecule has 0 N–H and O–H groups in total. The second-order valence-corrected chi connectivity index (χ2v) is 5.86. The van der Waals surface area contributed by atoms with Gasteiger partial charge in [0.05, 0.1) is 32.4 Å². The van der Waals surface area contributed by atoms with E-state index >= 15 is 0 Å². The highest BCUT2D eigenvalue weighted by molar-refractivity contribution is 7.86. The zero-order valence-electron chi connectivity index (χ0n) is 8.42. The van der Waals surface area contributed by atoms with E-state index < -0.39 is 10.8 Å². The van der Waals surface area contributed by atoms with Crippen LogP contribution in [-0.2, 0) is 16.6 Å². The maximum atomic E-state index is 11.9. The van der Waals surface area contributed by atoms with Crippen LogP contribution in [0.5, 0.6) is 0 Å². The third-order valence-electron chi connectivity index (χ3n) is 2.07. The third-order valence-corrected chi connectivity index (χ3v) is 4.76. The molecule has 0 saturated heterocycles. The van der Waals surface area contributed by atoms with Crippen LogP contribution in [0.3, 0.4) is 0 Å². The number of benzene rings is 1. The highest BCUT2D eigenvalue weighted by Gasteiger charge is 2.06. The summed E-state index contributed by atoms with van der Waals surface area (Å²) in [5.41, 5.74) is 1.55. The van der Waals surface area contributed by atoms with Crippen molar-refractivity contribution in [3.8, 4) is 6.07 Å². The van der Waals surface area contributed by atoms with Crippen LogP contribution in [0, 0.1) is 11.3 Å². The lowest BCUT2D eigenvalue weighted by Crippen LogP contribution is -1.94. The molecule has 0 aliphatic rings. The number of thiophene rings is 1. The van der Waals surface area contributed by atoms with E-state index in [1.165, 1.54) is 11.3 Å². The van der Waals surface area contributed by atoms with Crippen LogP contribution < -0.4 is 0 Å². The minimum absolute atomic E-state index is 0.468. The van der Waals surface area contributed by atoms with Gasteiger partial charge in [0.2, 0.25) is 0 Å². The van der Waals surface area contributed by atoms with Crippen LogP contribution in [0.1, 0.15) is 11.1 Å². The molecule has 0 saturated carbocycles. The van der Waals surface area contributed by atoms with Gasteiger partial charge in [0, 0.05) is 0 Å². The number of hydrogen-bond acceptors (Lipinski definition) is 3. The van der Waals surface area contributed by atoms with Crippen LogP contribution in [0.4, 0.5) is 0 Å². The average Bonchev–Trinajstić information content (AvgIpc) is 2.83. The molecule has 0 spiro atoms. The van der Waals surface area contributed by atoms with Gasteiger partial charge in [-0.3, -0.25) is 4.21 Å². The Bertz CT molecular complexity index is 540. The van der Waals surface area contributed by atoms with Crippen molar-refractivity contribution in [3.63, 3.8) is 0 Å². The van der Waals surface area contributed by atoms with E-state index in [1.54, 1.807) is 12.1 Å². The van der Waals surface area contributed by atoms with Crippen molar-refractivity contribution >= 4 is 22.1 Å². The number of rotatable bonds is 3. The molecule has 1 unspecified atom stereocenters. The summed E-state index contributed by atoms with van der Waals surface area (Å²) >= 11 is 1.50. The molecule has 4 heteroatoms. The standard InChI is InChI=1S/C12H9NOS2/c13-8-10-3-1-4-11(7-10)9-16(14)12-5-2-6-15-12/h1-7H,9H2. The zero-order chi connectivity index (χ0) is 11.4. The smallest absolute Gasteiger partial charge is 0.0991 e. The molecule has 1 aromatic heterocycles. The van der Waals surface area contributed by atoms with Gasteiger partial charge in [-0.05, 0) is 29.1 Å². The molecule has 0 fully saturated rings. The normalized spacial score (nSPS) is 11.9. The van der Waals surface area contributed by atoms with Crippen molar-refractivity contribution < 1.29 is 4.21 Å². The van der Waals surface area contributed by atoms with Crippen LogP contribution in [0.25, 0.3) is 0 Å². The maximum Gasteiger partial charge on any atom is 0.0991 e. The van der Waals surface area contributed by atoms with E-state index in [-0.39, 0.29) is 0 Å². The lowest BCUT2D eigenvalue weighted by atomic mass is 10.2. The second-order valence-electron chi connectivity index (χ2n) is 3.23. The Kier molecular flexibility index (Phi) is 3.50. The summed E-state index contributed by atoms with van der Waals surface area (Å²) in [5.74, 6) is 0.468. The molecule has 0 aliphatic carbocycles. The molecule has 2 aromatic rings. The number of hydrogen-bond donors (Lipinski definition) is 0. The third kappa shape index (κ3) is 2.57. The first-order valence-electron chi connectivity index (χ1n) is 4.70. The largest absolute Gasteiger partial charge is 0.253 e. The highest BCUT2D eigenvalue weighted by Crippen LogP contribution is 2.17. The fraction of sp³-hybridized carbons (Fsp3) is 0.0833. The van der Waals surface area contributed by atoms with Gasteiger partial charge in [-0.15, -0.1) is 11.3 Å². The van der Waals surface area contributed by atoms with E-state index in [9.17, 15) is 4.21 Å². The Balaban J connectivity index is 2.16. The Labute approximate surface area is 101 Å². The fourth-order valence-electron chi connectivity index (χ4n) is 1.35. The van der Waals surface area contributed by atoms with Gasteiger partial charge in [0.15, 0.2) is 0 Å². The van der Waals surface area contributed by atoms with Crippen LogP contribution in [-0.4, -0.2) is 4.21 Å². The van der Waals surface area contributed by atoms with E-state index in [1.807, 2.05) is 29.6 Å². The number of nitriles is 1. The van der Waals surface area contributed by atoms with Crippen molar-refractivity contribution in [1.82, 2.24) is 0 Å². The molecular weight excluding hydrogens is 238 g/mol. The van der Waals surface area contributed by atoms with Gasteiger partial charge < -0.3 is 0 Å². The highest BCUT2D eigenvalue weighted by atomic mass is 32.2. The molecule has 0 radical (unpaired) electrons. The average molecular weight is 247 g/mol. The minimum Gasteiger partial charge on any atom is -0.253 e. The summed E-state index contributed by atoms with van der Waals surface area (Å²) < 4.78 is 12.8. The second kappa shape index (κ2) is 5.06. The van der Waals surface area contributed by atoms with Gasteiger partial charge >= 0.3 is 0 Å². The van der Waals surface area contributed by atoms with Gasteiger partial charge in [-0.25, -0.2) is 0 Å². The Morgan fingerprint density at radius 1 is 1.31 bits per heavy atom. The van der Waals surface area contributed by atoms with Gasteiger partial charge in [-0.2, -0.15) is 5.26 Å². The first-order chi connectivity index (χ1) is 7.79. The summed E-state index contributed by atoms with van der Waals surface area (Å²) in [6, 6.07) is 13.1. The lowest BCUT2D eigenvalue weighted by molar-refractivity contribution is 0.684. The predicted octanol–water partition coefficient (Wildman–Crippen LogP) is 2.93. The van der Waals surface area contributed by atoms with Crippen molar-refractivity contribution in [3.05, 3.63) is 52.9 Å². The molecule has 0 amide bonds. The SMILES string of the molecule is N#Cc1cccc(CS(=O)c2cccs2)c1. The molecule has 80 valence electrons. The van der Waals surface area contributed by atoms with Gasteiger partial charge in [0.1, 0.15) is 0 Å². The topological polar surface area (TPSA) is 40.9 Å². The predicted molar refractivity (Wildman–Crippen MR) is 65.6 cm³/mol. The summed E-state index contributed by atoms with van der Waals surface area (Å²) in [4.78, 5) is 0. The van der Waals surface area contributed by atoms with Gasteiger partial charge in [0.25, 0.3) is 0 Å². The first-order valence-corrected chi connectivity index (χ1v) is 6.90. The van der Waals surface area contributed by atoms with Gasteiger partial charge in [-0.1, -0.05) is 18.2 Å². The van der Waals surface area contributed by atoms with Crippen molar-refractivity contribution in [1.29, 1.82) is 5.26 Å². The molecule has 1 atom stereocenters. The van der Waals surface area contributed by atoms with E-state index in [4.69, 9.17) is 5.26 Å². The number of nitrogens with zero attached hydrogens (tertiary/aromatic N) is 1. The lowest BCUT2D eigenvalue weighted by Gasteiger charge is -2.00. The van der Waals surface area contributed by atoms with Crippen LogP contribution >= 0.6 is 11.3 Å². The molecule has 0 aliphatic heterocycles. The van der Waals surface area contributed by atoms with Crippen LogP contribution in [0.2, 0.25) is 0 Å². The Morgan fingerprint density at radius 3 is 2.88 bits per heavy atom. The quantitative estimate of drug-likeness (QED) is 0.836. The first kappa shape index (κ1) is 11.1. The van der Waals surface area contributed by atoms with Crippen LogP contribution in [0.15, 0.2) is 46.0 Å². The Hall–Kier alpha value is -1.44. The van der Waals surface area contributed by atoms with Crippen molar-refractivity contribution in [2.75, 3.05) is 0 Å². The molecule has 1 heterocycles. The summed E-state index contributed by atoms with van der Waals surface area (Å²) in [6.45, 7) is 0. The maximum absolute atomic E-state index is 11.9.